The molecule has 0 spiro atoms. The first kappa shape index (κ1) is 7.85. The van der Waals surface area contributed by atoms with Crippen molar-refractivity contribution in [2.45, 2.75) is 0 Å². The van der Waals surface area contributed by atoms with Crippen LogP contribution >= 0.6 is 0 Å². The molecule has 3 heteroatoms. The number of hydrogen-bond donors (Lipinski definition) is 0. The Morgan fingerprint density at radius 2 is 2.00 bits per heavy atom. The van der Waals surface area contributed by atoms with Gasteiger partial charge in [-0.25, -0.2) is 4.39 Å². The van der Waals surface area contributed by atoms with E-state index in [0.29, 0.717) is 5.75 Å². The quantitative estimate of drug-likeness (QED) is 0.646. The van der Waals surface area contributed by atoms with Crippen molar-refractivity contribution in [2.75, 3.05) is 14.2 Å². The fraction of sp³-hybridized carbons (Fsp3) is 0.250. The van der Waals surface area contributed by atoms with Gasteiger partial charge in [-0.1, -0.05) is 0 Å². The maximum absolute atomic E-state index is 12.7. The lowest BCUT2D eigenvalue weighted by molar-refractivity contribution is 0.372. The summed E-state index contributed by atoms with van der Waals surface area (Å²) in [6, 6.07) is 5.35. The van der Waals surface area contributed by atoms with E-state index in [4.69, 9.17) is 4.74 Å². The third-order valence-corrected chi connectivity index (χ3v) is 1.26. The third kappa shape index (κ3) is 1.61. The van der Waals surface area contributed by atoms with E-state index >= 15 is 0 Å². The standard InChI is InChI=1S/C8H8FO2/c1-10-6-3-4-7(9)8(5-6)11-2/h3-4H,1-2H3. The molecule has 1 aromatic rings. The van der Waals surface area contributed by atoms with E-state index in [1.54, 1.807) is 0 Å². The first-order chi connectivity index (χ1) is 5.27. The van der Waals surface area contributed by atoms with E-state index in [2.05, 4.69) is 10.8 Å². The Kier molecular flexibility index (Phi) is 2.31. The monoisotopic (exact) mass is 155 g/mol. The van der Waals surface area contributed by atoms with Crippen molar-refractivity contribution in [3.8, 4) is 11.5 Å². The summed E-state index contributed by atoms with van der Waals surface area (Å²) in [7, 11) is 2.87. The Morgan fingerprint density at radius 3 is 2.55 bits per heavy atom. The molecule has 1 radical (unpaired) electrons. The van der Waals surface area contributed by atoms with Crippen molar-refractivity contribution in [1.82, 2.24) is 0 Å². The summed E-state index contributed by atoms with van der Waals surface area (Å²) in [5.41, 5.74) is 0. The Bertz CT molecular complexity index is 248. The fourth-order valence-electron chi connectivity index (χ4n) is 0.705. The molecular formula is C8H8FO2. The van der Waals surface area contributed by atoms with Gasteiger partial charge in [0.25, 0.3) is 0 Å². The Labute approximate surface area is 64.6 Å². The van der Waals surface area contributed by atoms with Crippen LogP contribution in [-0.4, -0.2) is 14.2 Å². The Hall–Kier alpha value is -1.25. The number of ether oxygens (including phenoxy) is 2. The van der Waals surface area contributed by atoms with Gasteiger partial charge in [0.15, 0.2) is 11.6 Å². The van der Waals surface area contributed by atoms with Gasteiger partial charge in [-0.05, 0) is 12.1 Å². The smallest absolute Gasteiger partial charge is 0.166 e. The molecule has 0 unspecified atom stereocenters. The molecule has 0 atom stereocenters. The highest BCUT2D eigenvalue weighted by atomic mass is 19.1. The second-order valence-electron chi connectivity index (χ2n) is 1.91. The predicted molar refractivity (Wildman–Crippen MR) is 38.3 cm³/mol. The molecule has 0 aliphatic rings. The van der Waals surface area contributed by atoms with Crippen molar-refractivity contribution in [1.29, 1.82) is 0 Å². The van der Waals surface area contributed by atoms with Gasteiger partial charge in [-0.2, -0.15) is 0 Å². The number of rotatable bonds is 2. The number of methoxy groups -OCH3 is 2. The zero-order chi connectivity index (χ0) is 8.27. The molecule has 0 heterocycles. The molecule has 1 aromatic carbocycles. The molecule has 0 fully saturated rings. The number of hydrogen-bond acceptors (Lipinski definition) is 2. The highest BCUT2D eigenvalue weighted by Gasteiger charge is 2.02. The lowest BCUT2D eigenvalue weighted by Gasteiger charge is -2.02. The number of halogens is 1. The summed E-state index contributed by atoms with van der Waals surface area (Å²) in [5, 5.41) is 0. The van der Waals surface area contributed by atoms with Crippen LogP contribution in [0.2, 0.25) is 0 Å². The average Bonchev–Trinajstić information content (AvgIpc) is 2.05. The minimum absolute atomic E-state index is 0.0735. The van der Waals surface area contributed by atoms with Crippen LogP contribution in [0.1, 0.15) is 0 Å². The lowest BCUT2D eigenvalue weighted by atomic mass is 10.3. The minimum atomic E-state index is -0.437. The van der Waals surface area contributed by atoms with Gasteiger partial charge in [-0.3, -0.25) is 0 Å². The first-order valence-corrected chi connectivity index (χ1v) is 3.07. The molecule has 0 aliphatic carbocycles. The summed E-state index contributed by atoms with van der Waals surface area (Å²) in [5.74, 6) is 0.0981. The van der Waals surface area contributed by atoms with Gasteiger partial charge in [0.1, 0.15) is 5.75 Å². The zero-order valence-corrected chi connectivity index (χ0v) is 6.35. The highest BCUT2D eigenvalue weighted by molar-refractivity contribution is 5.32. The van der Waals surface area contributed by atoms with Crippen LogP contribution < -0.4 is 9.47 Å². The highest BCUT2D eigenvalue weighted by Crippen LogP contribution is 2.21. The van der Waals surface area contributed by atoms with Gasteiger partial charge in [-0.15, -0.1) is 0 Å². The minimum Gasteiger partial charge on any atom is -0.496 e. The van der Waals surface area contributed by atoms with E-state index in [1.165, 1.54) is 26.4 Å². The molecule has 0 amide bonds. The summed E-state index contributed by atoms with van der Waals surface area (Å²) in [6.45, 7) is 0. The second kappa shape index (κ2) is 3.23. The van der Waals surface area contributed by atoms with Gasteiger partial charge in [0.05, 0.1) is 20.3 Å². The van der Waals surface area contributed by atoms with Crippen LogP contribution in [0.4, 0.5) is 4.39 Å². The Balaban J connectivity index is 3.02. The summed E-state index contributed by atoms with van der Waals surface area (Å²) >= 11 is 0. The van der Waals surface area contributed by atoms with E-state index in [1.807, 2.05) is 0 Å². The molecule has 0 saturated carbocycles. The average molecular weight is 155 g/mol. The third-order valence-electron chi connectivity index (χ3n) is 1.26. The zero-order valence-electron chi connectivity index (χ0n) is 6.35. The summed E-state index contributed by atoms with van der Waals surface area (Å²) in [4.78, 5) is 0. The van der Waals surface area contributed by atoms with Gasteiger partial charge < -0.3 is 9.47 Å². The largest absolute Gasteiger partial charge is 0.496 e. The molecule has 59 valence electrons. The van der Waals surface area contributed by atoms with Crippen LogP contribution in [0.15, 0.2) is 12.1 Å². The Morgan fingerprint density at radius 1 is 1.27 bits per heavy atom. The summed E-state index contributed by atoms with van der Waals surface area (Å²) in [6.07, 6.45) is 0. The van der Waals surface area contributed by atoms with Gasteiger partial charge in [0.2, 0.25) is 0 Å². The molecule has 1 rings (SSSR count). The molecule has 0 N–H and O–H groups in total. The van der Waals surface area contributed by atoms with Crippen LogP contribution in [0, 0.1) is 11.9 Å². The van der Waals surface area contributed by atoms with Crippen LogP contribution in [0.5, 0.6) is 11.5 Å². The van der Waals surface area contributed by atoms with Crippen LogP contribution in [-0.2, 0) is 0 Å². The van der Waals surface area contributed by atoms with E-state index < -0.39 is 5.82 Å². The summed E-state index contributed by atoms with van der Waals surface area (Å²) < 4.78 is 22.2. The van der Waals surface area contributed by atoms with Crippen molar-refractivity contribution >= 4 is 0 Å². The van der Waals surface area contributed by atoms with Crippen molar-refractivity contribution < 1.29 is 13.9 Å². The van der Waals surface area contributed by atoms with Crippen LogP contribution in [0.25, 0.3) is 0 Å². The van der Waals surface area contributed by atoms with E-state index in [-0.39, 0.29) is 5.75 Å². The molecule has 0 aliphatic heterocycles. The molecule has 0 aromatic heterocycles. The molecule has 0 saturated heterocycles. The van der Waals surface area contributed by atoms with Gasteiger partial charge >= 0.3 is 0 Å². The lowest BCUT2D eigenvalue weighted by Crippen LogP contribution is -1.90. The van der Waals surface area contributed by atoms with E-state index in [9.17, 15) is 4.39 Å². The topological polar surface area (TPSA) is 18.5 Å². The van der Waals surface area contributed by atoms with E-state index in [0.717, 1.165) is 0 Å². The van der Waals surface area contributed by atoms with Crippen molar-refractivity contribution in [3.63, 3.8) is 0 Å². The predicted octanol–water partition coefficient (Wildman–Crippen LogP) is 1.64. The maximum Gasteiger partial charge on any atom is 0.166 e. The number of benzene rings is 1. The SMILES string of the molecule is COc1[c]c(OC)c(F)cc1. The molecular weight excluding hydrogens is 147 g/mol. The first-order valence-electron chi connectivity index (χ1n) is 3.07. The van der Waals surface area contributed by atoms with Crippen molar-refractivity contribution in [2.24, 2.45) is 0 Å². The molecule has 0 bridgehead atoms. The van der Waals surface area contributed by atoms with Crippen LogP contribution in [0.3, 0.4) is 0 Å². The van der Waals surface area contributed by atoms with Gasteiger partial charge in [0, 0.05) is 0 Å². The fourth-order valence-corrected chi connectivity index (χ4v) is 0.705. The van der Waals surface area contributed by atoms with Crippen molar-refractivity contribution in [3.05, 3.63) is 24.0 Å². The molecule has 11 heavy (non-hydrogen) atoms. The second-order valence-corrected chi connectivity index (χ2v) is 1.91. The normalized spacial score (nSPS) is 9.36. The maximum atomic E-state index is 12.7. The molecule has 2 nitrogen and oxygen atoms in total.